The molecule has 29 heavy (non-hydrogen) atoms. The lowest BCUT2D eigenvalue weighted by Gasteiger charge is -2.36. The first-order chi connectivity index (χ1) is 14.2. The zero-order valence-corrected chi connectivity index (χ0v) is 16.0. The summed E-state index contributed by atoms with van der Waals surface area (Å²) in [5.74, 6) is 0.889. The van der Waals surface area contributed by atoms with Crippen molar-refractivity contribution in [2.75, 3.05) is 36.4 Å². The number of fused-ring (bicyclic) bond motifs is 1. The largest absolute Gasteiger partial charge is 0.364 e. The van der Waals surface area contributed by atoms with Gasteiger partial charge in [-0.3, -0.25) is 9.88 Å². The lowest BCUT2D eigenvalue weighted by molar-refractivity contribution is 0.246. The van der Waals surface area contributed by atoms with Gasteiger partial charge in [0.15, 0.2) is 11.6 Å². The van der Waals surface area contributed by atoms with Crippen molar-refractivity contribution in [2.45, 2.75) is 25.4 Å². The molecular formula is C21H22F2N6. The molecule has 6 nitrogen and oxygen atoms in total. The number of hydrogen-bond donors (Lipinski definition) is 1. The van der Waals surface area contributed by atoms with E-state index in [-0.39, 0.29) is 5.82 Å². The van der Waals surface area contributed by atoms with Crippen LogP contribution in [0.2, 0.25) is 0 Å². The molecule has 1 saturated carbocycles. The van der Waals surface area contributed by atoms with Crippen LogP contribution in [0.3, 0.4) is 0 Å². The highest BCUT2D eigenvalue weighted by Gasteiger charge is 2.27. The zero-order chi connectivity index (χ0) is 19.8. The van der Waals surface area contributed by atoms with Crippen molar-refractivity contribution < 1.29 is 8.78 Å². The van der Waals surface area contributed by atoms with Gasteiger partial charge in [0.1, 0.15) is 17.2 Å². The van der Waals surface area contributed by atoms with Gasteiger partial charge in [-0.15, -0.1) is 0 Å². The highest BCUT2D eigenvalue weighted by Crippen LogP contribution is 2.31. The average Bonchev–Trinajstić information content (AvgIpc) is 3.55. The van der Waals surface area contributed by atoms with Gasteiger partial charge in [-0.2, -0.15) is 0 Å². The first-order valence-electron chi connectivity index (χ1n) is 9.95. The van der Waals surface area contributed by atoms with E-state index in [1.807, 2.05) is 6.07 Å². The van der Waals surface area contributed by atoms with Crippen molar-refractivity contribution in [2.24, 2.45) is 0 Å². The van der Waals surface area contributed by atoms with Crippen molar-refractivity contribution in [3.8, 4) is 0 Å². The van der Waals surface area contributed by atoms with E-state index in [4.69, 9.17) is 9.97 Å². The molecule has 3 heterocycles. The number of hydrogen-bond acceptors (Lipinski definition) is 6. The SMILES string of the molecule is Fc1ccc(F)c(CN2CCN(c3nc4ccncc4nc3NC3CC3)CC2)c1. The first kappa shape index (κ1) is 18.2. The molecule has 0 amide bonds. The monoisotopic (exact) mass is 396 g/mol. The molecule has 0 radical (unpaired) electrons. The van der Waals surface area contributed by atoms with E-state index in [0.717, 1.165) is 67.8 Å². The van der Waals surface area contributed by atoms with Crippen molar-refractivity contribution in [1.82, 2.24) is 19.9 Å². The van der Waals surface area contributed by atoms with Crippen LogP contribution in [-0.4, -0.2) is 52.1 Å². The molecule has 1 saturated heterocycles. The van der Waals surface area contributed by atoms with E-state index in [1.165, 1.54) is 12.1 Å². The number of aromatic nitrogens is 3. The van der Waals surface area contributed by atoms with Crippen LogP contribution in [-0.2, 0) is 6.54 Å². The van der Waals surface area contributed by atoms with Crippen LogP contribution in [0.4, 0.5) is 20.4 Å². The second kappa shape index (κ2) is 7.51. The molecular weight excluding hydrogens is 374 g/mol. The molecule has 2 aliphatic rings. The summed E-state index contributed by atoms with van der Waals surface area (Å²) >= 11 is 0. The summed E-state index contributed by atoms with van der Waals surface area (Å²) in [6, 6.07) is 5.96. The van der Waals surface area contributed by atoms with Crippen LogP contribution in [0.1, 0.15) is 18.4 Å². The number of rotatable bonds is 5. The van der Waals surface area contributed by atoms with Crippen molar-refractivity contribution in [3.63, 3.8) is 0 Å². The van der Waals surface area contributed by atoms with E-state index < -0.39 is 5.82 Å². The van der Waals surface area contributed by atoms with E-state index >= 15 is 0 Å². The molecule has 2 aromatic heterocycles. The number of nitrogens with one attached hydrogen (secondary N) is 1. The maximum Gasteiger partial charge on any atom is 0.172 e. The summed E-state index contributed by atoms with van der Waals surface area (Å²) in [6.45, 7) is 3.40. The van der Waals surface area contributed by atoms with Crippen LogP contribution in [0, 0.1) is 11.6 Å². The highest BCUT2D eigenvalue weighted by atomic mass is 19.1. The molecule has 1 aromatic carbocycles. The molecule has 0 spiro atoms. The molecule has 8 heteroatoms. The number of halogens is 2. The maximum atomic E-state index is 14.0. The van der Waals surface area contributed by atoms with Crippen LogP contribution in [0.5, 0.6) is 0 Å². The Kier molecular flexibility index (Phi) is 4.71. The maximum absolute atomic E-state index is 14.0. The number of benzene rings is 1. The number of nitrogens with zero attached hydrogens (tertiary/aromatic N) is 5. The highest BCUT2D eigenvalue weighted by molar-refractivity contribution is 5.80. The molecule has 3 aromatic rings. The third-order valence-electron chi connectivity index (χ3n) is 5.44. The smallest absolute Gasteiger partial charge is 0.172 e. The Bertz CT molecular complexity index is 1030. The standard InChI is InChI=1S/C21H22F2N6/c22-15-1-4-17(23)14(11-15)13-28-7-9-29(10-8-28)21-20(25-16-2-3-16)26-19-12-24-6-5-18(19)27-21/h1,4-6,11-12,16H,2-3,7-10,13H2,(H,25,26). The second-order valence-electron chi connectivity index (χ2n) is 7.68. The first-order valence-corrected chi connectivity index (χ1v) is 9.95. The summed E-state index contributed by atoms with van der Waals surface area (Å²) in [5, 5.41) is 3.49. The number of piperazine rings is 1. The molecule has 0 unspecified atom stereocenters. The predicted octanol–water partition coefficient (Wildman–Crippen LogP) is 3.20. The number of pyridine rings is 1. The van der Waals surface area contributed by atoms with Gasteiger partial charge in [-0.1, -0.05) is 0 Å². The molecule has 0 bridgehead atoms. The minimum Gasteiger partial charge on any atom is -0.364 e. The Labute approximate surface area is 167 Å². The van der Waals surface area contributed by atoms with Crippen molar-refractivity contribution in [3.05, 3.63) is 53.9 Å². The fourth-order valence-electron chi connectivity index (χ4n) is 3.66. The van der Waals surface area contributed by atoms with Gasteiger partial charge in [0.05, 0.1) is 11.7 Å². The molecule has 150 valence electrons. The van der Waals surface area contributed by atoms with Gasteiger partial charge in [0, 0.05) is 50.5 Å². The van der Waals surface area contributed by atoms with Gasteiger partial charge in [0.25, 0.3) is 0 Å². The van der Waals surface area contributed by atoms with Gasteiger partial charge in [0.2, 0.25) is 0 Å². The molecule has 1 aliphatic carbocycles. The Morgan fingerprint density at radius 2 is 1.83 bits per heavy atom. The van der Waals surface area contributed by atoms with Gasteiger partial charge in [-0.25, -0.2) is 18.7 Å². The summed E-state index contributed by atoms with van der Waals surface area (Å²) in [7, 11) is 0. The Morgan fingerprint density at radius 3 is 2.62 bits per heavy atom. The third kappa shape index (κ3) is 3.98. The zero-order valence-electron chi connectivity index (χ0n) is 16.0. The van der Waals surface area contributed by atoms with E-state index in [9.17, 15) is 8.78 Å². The van der Waals surface area contributed by atoms with E-state index in [2.05, 4.69) is 20.1 Å². The average molecular weight is 396 g/mol. The Morgan fingerprint density at radius 1 is 1.00 bits per heavy atom. The van der Waals surface area contributed by atoms with E-state index in [1.54, 1.807) is 12.4 Å². The van der Waals surface area contributed by atoms with Crippen LogP contribution in [0.25, 0.3) is 11.0 Å². The second-order valence-corrected chi connectivity index (χ2v) is 7.68. The van der Waals surface area contributed by atoms with Gasteiger partial charge < -0.3 is 10.2 Å². The van der Waals surface area contributed by atoms with Crippen molar-refractivity contribution >= 4 is 22.7 Å². The van der Waals surface area contributed by atoms with Gasteiger partial charge >= 0.3 is 0 Å². The molecule has 1 aliphatic heterocycles. The quantitative estimate of drug-likeness (QED) is 0.715. The molecule has 5 rings (SSSR count). The van der Waals surface area contributed by atoms with Gasteiger partial charge in [-0.05, 0) is 37.1 Å². The Balaban J connectivity index is 1.33. The minimum atomic E-state index is -0.406. The topological polar surface area (TPSA) is 57.2 Å². The summed E-state index contributed by atoms with van der Waals surface area (Å²) < 4.78 is 27.4. The fourth-order valence-corrected chi connectivity index (χ4v) is 3.66. The summed E-state index contributed by atoms with van der Waals surface area (Å²) in [4.78, 5) is 18.1. The van der Waals surface area contributed by atoms with Crippen LogP contribution < -0.4 is 10.2 Å². The van der Waals surface area contributed by atoms with E-state index in [0.29, 0.717) is 18.2 Å². The fraction of sp³-hybridized carbons (Fsp3) is 0.381. The normalized spacial score (nSPS) is 17.7. The molecule has 0 atom stereocenters. The van der Waals surface area contributed by atoms with Crippen LogP contribution in [0.15, 0.2) is 36.7 Å². The van der Waals surface area contributed by atoms with Crippen LogP contribution >= 0.6 is 0 Å². The number of anilines is 2. The lowest BCUT2D eigenvalue weighted by atomic mass is 10.1. The van der Waals surface area contributed by atoms with Crippen molar-refractivity contribution in [1.29, 1.82) is 0 Å². The summed E-state index contributed by atoms with van der Waals surface area (Å²) in [5.41, 5.74) is 1.99. The lowest BCUT2D eigenvalue weighted by Crippen LogP contribution is -2.46. The Hall–Kier alpha value is -2.87. The predicted molar refractivity (Wildman–Crippen MR) is 108 cm³/mol. The third-order valence-corrected chi connectivity index (χ3v) is 5.44. The minimum absolute atomic E-state index is 0.362. The molecule has 2 fully saturated rings. The summed E-state index contributed by atoms with van der Waals surface area (Å²) in [6.07, 6.45) is 5.76. The molecule has 1 N–H and O–H groups in total.